The number of hydrogen-bond acceptors (Lipinski definition) is 7. The quantitative estimate of drug-likeness (QED) is 0.195. The largest absolute Gasteiger partial charge is 0.490 e. The average Bonchev–Trinajstić information content (AvgIpc) is 3.77. The number of ether oxygens (including phenoxy) is 3. The van der Waals surface area contributed by atoms with Crippen molar-refractivity contribution in [3.63, 3.8) is 0 Å². The maximum Gasteiger partial charge on any atom is 0.268 e. The maximum absolute atomic E-state index is 14.1. The van der Waals surface area contributed by atoms with Crippen LogP contribution in [0.25, 0.3) is 10.8 Å². The van der Waals surface area contributed by atoms with E-state index >= 15 is 0 Å². The monoisotopic (exact) mass is 571 g/mol. The molecule has 1 unspecified atom stereocenters. The lowest BCUT2D eigenvalue weighted by atomic mass is 10.1. The van der Waals surface area contributed by atoms with Crippen molar-refractivity contribution in [2.45, 2.75) is 62.5 Å². The Kier molecular flexibility index (Phi) is 8.88. The van der Waals surface area contributed by atoms with Crippen LogP contribution in [-0.4, -0.2) is 40.8 Å². The van der Waals surface area contributed by atoms with Crippen LogP contribution in [0.2, 0.25) is 0 Å². The van der Waals surface area contributed by atoms with Crippen molar-refractivity contribution in [2.24, 2.45) is 0 Å². The van der Waals surface area contributed by atoms with E-state index in [0.29, 0.717) is 47.0 Å². The summed E-state index contributed by atoms with van der Waals surface area (Å²) in [6.07, 6.45) is 3.22. The molecule has 0 spiro atoms. The predicted octanol–water partition coefficient (Wildman–Crippen LogP) is 7.04. The minimum Gasteiger partial charge on any atom is -0.490 e. The molecular weight excluding hydrogens is 534 g/mol. The summed E-state index contributed by atoms with van der Waals surface area (Å²) >= 11 is 1.90. The second-order valence-corrected chi connectivity index (χ2v) is 11.8. The number of anilines is 1. The Morgan fingerprint density at radius 3 is 2.61 bits per heavy atom. The molecule has 214 valence electrons. The molecule has 4 aromatic rings. The molecule has 1 fully saturated rings. The van der Waals surface area contributed by atoms with Gasteiger partial charge in [0.15, 0.2) is 11.5 Å². The van der Waals surface area contributed by atoms with Gasteiger partial charge >= 0.3 is 0 Å². The minimum absolute atomic E-state index is 0.0204. The Balaban J connectivity index is 1.48. The number of hydrogen-bond donors (Lipinski definition) is 1. The number of amides is 1. The van der Waals surface area contributed by atoms with E-state index < -0.39 is 6.10 Å². The fourth-order valence-electron chi connectivity index (χ4n) is 4.61. The van der Waals surface area contributed by atoms with Crippen LogP contribution in [0.3, 0.4) is 0 Å². The van der Waals surface area contributed by atoms with Gasteiger partial charge in [0.05, 0.1) is 12.7 Å². The summed E-state index contributed by atoms with van der Waals surface area (Å²) < 4.78 is 18.4. The first-order chi connectivity index (χ1) is 19.8. The summed E-state index contributed by atoms with van der Waals surface area (Å²) in [5.41, 5.74) is 7.86. The molecule has 0 bridgehead atoms. The van der Waals surface area contributed by atoms with Crippen LogP contribution in [0.15, 0.2) is 77.8 Å². The first kappa shape index (κ1) is 28.6. The third kappa shape index (κ3) is 7.06. The van der Waals surface area contributed by atoms with Gasteiger partial charge in [-0.1, -0.05) is 24.3 Å². The maximum atomic E-state index is 14.1. The van der Waals surface area contributed by atoms with E-state index in [1.165, 1.54) is 17.7 Å². The number of thioether (sulfide) groups is 1. The minimum atomic E-state index is -0.910. The van der Waals surface area contributed by atoms with Crippen LogP contribution in [0.1, 0.15) is 50.8 Å². The van der Waals surface area contributed by atoms with Crippen LogP contribution in [0, 0.1) is 0 Å². The highest BCUT2D eigenvalue weighted by Crippen LogP contribution is 2.41. The smallest absolute Gasteiger partial charge is 0.268 e. The Hall–Kier alpha value is -3.91. The fourth-order valence-corrected chi connectivity index (χ4v) is 5.78. The number of rotatable bonds is 12. The Bertz CT molecular complexity index is 1520. The van der Waals surface area contributed by atoms with Gasteiger partial charge in [0.2, 0.25) is 6.10 Å². The molecule has 3 aromatic carbocycles. The molecule has 1 amide bonds. The first-order valence-corrected chi connectivity index (χ1v) is 14.9. The summed E-state index contributed by atoms with van der Waals surface area (Å²) in [7, 11) is 1.82. The summed E-state index contributed by atoms with van der Waals surface area (Å²) in [6.45, 7) is 6.80. The zero-order valence-corrected chi connectivity index (χ0v) is 24.8. The third-order valence-corrected chi connectivity index (χ3v) is 8.21. The van der Waals surface area contributed by atoms with E-state index in [1.807, 2.05) is 88.1 Å². The molecule has 1 aromatic heterocycles. The van der Waals surface area contributed by atoms with E-state index in [2.05, 4.69) is 23.2 Å². The second-order valence-electron chi connectivity index (χ2n) is 10.5. The Morgan fingerprint density at radius 1 is 1.05 bits per heavy atom. The molecule has 7 nitrogen and oxygen atoms in total. The number of carbonyl (C=O) groups excluding carboxylic acids is 1. The highest BCUT2D eigenvalue weighted by Gasteiger charge is 2.29. The number of aromatic nitrogens is 1. The van der Waals surface area contributed by atoms with Gasteiger partial charge in [-0.05, 0) is 87.0 Å². The number of carbonyl (C=O) groups is 1. The van der Waals surface area contributed by atoms with Gasteiger partial charge in [-0.3, -0.25) is 4.79 Å². The van der Waals surface area contributed by atoms with Crippen LogP contribution in [-0.2, 0) is 11.3 Å². The molecule has 1 saturated carbocycles. The average molecular weight is 572 g/mol. The molecule has 1 atom stereocenters. The second kappa shape index (κ2) is 12.7. The van der Waals surface area contributed by atoms with Gasteiger partial charge in [0.1, 0.15) is 11.6 Å². The van der Waals surface area contributed by atoms with Gasteiger partial charge in [-0.2, -0.15) is 0 Å². The molecule has 5 rings (SSSR count). The lowest BCUT2D eigenvalue weighted by molar-refractivity contribution is -0.138. The van der Waals surface area contributed by atoms with Crippen LogP contribution in [0.4, 0.5) is 5.82 Å². The molecule has 0 aliphatic heterocycles. The van der Waals surface area contributed by atoms with Crippen molar-refractivity contribution in [1.82, 2.24) is 9.88 Å². The Labute approximate surface area is 246 Å². The van der Waals surface area contributed by atoms with E-state index in [0.717, 1.165) is 16.3 Å². The molecule has 2 N–H and O–H groups in total. The van der Waals surface area contributed by atoms with Crippen LogP contribution < -0.4 is 19.9 Å². The van der Waals surface area contributed by atoms with Gasteiger partial charge in [-0.25, -0.2) is 4.98 Å². The van der Waals surface area contributed by atoms with Crippen molar-refractivity contribution in [2.75, 3.05) is 19.4 Å². The predicted molar refractivity (Wildman–Crippen MR) is 165 cm³/mol. The molecule has 1 heterocycles. The van der Waals surface area contributed by atoms with Crippen molar-refractivity contribution in [3.05, 3.63) is 84.1 Å². The standard InChI is InChI=1S/C33H37N3O4S/c1-5-38-29-19-23(10-15-28(29)39-21(2)3)31(40-25-11-14-27-22(18-25)16-17-35-32(27)34)33(37)36(4)20-24-8-6-7-9-30(24)41-26-12-13-26/h6-11,14-19,21,26,31H,5,12-13,20H2,1-4H3,(H2,34,35). The van der Waals surface area contributed by atoms with E-state index in [4.69, 9.17) is 19.9 Å². The lowest BCUT2D eigenvalue weighted by Gasteiger charge is -2.26. The number of likely N-dealkylation sites (N-methyl/N-ethyl adjacent to an activating group) is 1. The highest BCUT2D eigenvalue weighted by molar-refractivity contribution is 8.00. The summed E-state index contributed by atoms with van der Waals surface area (Å²) in [4.78, 5) is 21.3. The third-order valence-electron chi connectivity index (χ3n) is 6.75. The number of nitrogens with zero attached hydrogens (tertiary/aromatic N) is 2. The van der Waals surface area contributed by atoms with Gasteiger partial charge in [-0.15, -0.1) is 11.8 Å². The van der Waals surface area contributed by atoms with Crippen molar-refractivity contribution in [1.29, 1.82) is 0 Å². The molecule has 0 radical (unpaired) electrons. The zero-order valence-electron chi connectivity index (χ0n) is 24.0. The number of nitrogen functional groups attached to an aromatic ring is 1. The van der Waals surface area contributed by atoms with Crippen molar-refractivity contribution in [3.8, 4) is 17.2 Å². The molecule has 1 aliphatic carbocycles. The fraction of sp³-hybridized carbons (Fsp3) is 0.333. The first-order valence-electron chi connectivity index (χ1n) is 14.1. The number of fused-ring (bicyclic) bond motifs is 1. The highest BCUT2D eigenvalue weighted by atomic mass is 32.2. The molecule has 8 heteroatoms. The van der Waals surface area contributed by atoms with Gasteiger partial charge in [0, 0.05) is 40.9 Å². The van der Waals surface area contributed by atoms with E-state index in [9.17, 15) is 4.79 Å². The topological polar surface area (TPSA) is 86.9 Å². The molecule has 0 saturated heterocycles. The molecule has 1 aliphatic rings. The SMILES string of the molecule is CCOc1cc(C(Oc2ccc3c(N)nccc3c2)C(=O)N(C)Cc2ccccc2SC2CC2)ccc1OC(C)C. The summed E-state index contributed by atoms with van der Waals surface area (Å²) in [5.74, 6) is 2.05. The van der Waals surface area contributed by atoms with E-state index in [-0.39, 0.29) is 12.0 Å². The summed E-state index contributed by atoms with van der Waals surface area (Å²) in [5, 5.41) is 2.39. The van der Waals surface area contributed by atoms with Crippen LogP contribution in [0.5, 0.6) is 17.2 Å². The lowest BCUT2D eigenvalue weighted by Crippen LogP contribution is -2.34. The van der Waals surface area contributed by atoms with Gasteiger partial charge in [0.25, 0.3) is 5.91 Å². The van der Waals surface area contributed by atoms with Crippen LogP contribution >= 0.6 is 11.8 Å². The van der Waals surface area contributed by atoms with E-state index in [1.54, 1.807) is 11.1 Å². The number of pyridine rings is 1. The van der Waals surface area contributed by atoms with Crippen molar-refractivity contribution < 1.29 is 19.0 Å². The van der Waals surface area contributed by atoms with Crippen molar-refractivity contribution >= 4 is 34.3 Å². The Morgan fingerprint density at radius 2 is 1.85 bits per heavy atom. The molecule has 41 heavy (non-hydrogen) atoms. The normalized spacial score (nSPS) is 13.7. The zero-order chi connectivity index (χ0) is 28.9. The molecular formula is C33H37N3O4S. The van der Waals surface area contributed by atoms with Gasteiger partial charge < -0.3 is 24.8 Å². The number of benzene rings is 3. The number of nitrogens with two attached hydrogens (primary N) is 1. The summed E-state index contributed by atoms with van der Waals surface area (Å²) in [6, 6.07) is 21.3.